The van der Waals surface area contributed by atoms with E-state index in [4.69, 9.17) is 9.26 Å². The number of nitrogens with zero attached hydrogens (tertiary/aromatic N) is 4. The molecule has 1 amide bonds. The van der Waals surface area contributed by atoms with Crippen molar-refractivity contribution in [2.75, 3.05) is 33.3 Å². The van der Waals surface area contributed by atoms with Gasteiger partial charge in [0.15, 0.2) is 0 Å². The first-order valence-electron chi connectivity index (χ1n) is 9.19. The van der Waals surface area contributed by atoms with Gasteiger partial charge in [-0.1, -0.05) is 23.4 Å². The Kier molecular flexibility index (Phi) is 5.80. The lowest BCUT2D eigenvalue weighted by Gasteiger charge is -2.34. The molecule has 1 aliphatic heterocycles. The summed E-state index contributed by atoms with van der Waals surface area (Å²) in [4.78, 5) is 22.3. The molecule has 0 aliphatic carbocycles. The summed E-state index contributed by atoms with van der Waals surface area (Å²) in [6.45, 7) is 4.09. The van der Waals surface area contributed by atoms with Crippen LogP contribution in [0, 0.1) is 0 Å². The predicted octanol–water partition coefficient (Wildman–Crippen LogP) is 2.90. The Morgan fingerprint density at radius 1 is 1.18 bits per heavy atom. The summed E-state index contributed by atoms with van der Waals surface area (Å²) in [6.07, 6.45) is 0. The van der Waals surface area contributed by atoms with Gasteiger partial charge in [0, 0.05) is 38.9 Å². The van der Waals surface area contributed by atoms with Gasteiger partial charge in [0.2, 0.25) is 11.7 Å². The van der Waals surface area contributed by atoms with Crippen LogP contribution in [0.4, 0.5) is 0 Å². The fourth-order valence-corrected chi connectivity index (χ4v) is 3.87. The quantitative estimate of drug-likeness (QED) is 0.636. The highest BCUT2D eigenvalue weighted by Crippen LogP contribution is 2.22. The van der Waals surface area contributed by atoms with Gasteiger partial charge in [-0.15, -0.1) is 11.3 Å². The molecule has 2 aromatic heterocycles. The largest absolute Gasteiger partial charge is 0.380 e. The van der Waals surface area contributed by atoms with Gasteiger partial charge in [0.25, 0.3) is 5.91 Å². The van der Waals surface area contributed by atoms with Crippen molar-refractivity contribution in [1.82, 2.24) is 19.9 Å². The Morgan fingerprint density at radius 3 is 2.64 bits per heavy atom. The van der Waals surface area contributed by atoms with E-state index in [0.717, 1.165) is 23.5 Å². The normalized spacial score (nSPS) is 15.1. The third-order valence-electron chi connectivity index (χ3n) is 4.74. The molecule has 0 saturated carbocycles. The lowest BCUT2D eigenvalue weighted by Crippen LogP contribution is -2.48. The van der Waals surface area contributed by atoms with Gasteiger partial charge in [0.05, 0.1) is 18.0 Å². The molecule has 3 heterocycles. The Hall–Kier alpha value is -2.55. The minimum absolute atomic E-state index is 0.0707. The molecule has 0 bridgehead atoms. The summed E-state index contributed by atoms with van der Waals surface area (Å²) >= 11 is 1.59. The third kappa shape index (κ3) is 4.30. The Bertz CT molecular complexity index is 900. The van der Waals surface area contributed by atoms with E-state index >= 15 is 0 Å². The molecule has 0 unspecified atom stereocenters. The number of hydrogen-bond donors (Lipinski definition) is 0. The van der Waals surface area contributed by atoms with Gasteiger partial charge < -0.3 is 14.2 Å². The molecule has 3 aromatic rings. The summed E-state index contributed by atoms with van der Waals surface area (Å²) in [6, 6.07) is 11.6. The van der Waals surface area contributed by atoms with Gasteiger partial charge in [-0.2, -0.15) is 4.98 Å². The zero-order chi connectivity index (χ0) is 19.3. The molecule has 0 N–H and O–H groups in total. The number of benzene rings is 1. The first-order chi connectivity index (χ1) is 13.7. The van der Waals surface area contributed by atoms with Gasteiger partial charge in [-0.05, 0) is 29.1 Å². The van der Waals surface area contributed by atoms with Crippen molar-refractivity contribution < 1.29 is 14.1 Å². The van der Waals surface area contributed by atoms with Crippen LogP contribution in [-0.4, -0.2) is 59.1 Å². The van der Waals surface area contributed by atoms with Crippen molar-refractivity contribution in [3.8, 4) is 10.7 Å². The number of carbonyl (C=O) groups is 1. The molecule has 8 heteroatoms. The SMILES string of the molecule is COCc1ccc(C(=O)N2CCN(Cc3nc(-c4cccs4)no3)CC2)cc1. The zero-order valence-corrected chi connectivity index (χ0v) is 16.5. The van der Waals surface area contributed by atoms with Crippen LogP contribution >= 0.6 is 11.3 Å². The van der Waals surface area contributed by atoms with Crippen LogP contribution in [0.2, 0.25) is 0 Å². The summed E-state index contributed by atoms with van der Waals surface area (Å²) < 4.78 is 10.5. The third-order valence-corrected chi connectivity index (χ3v) is 5.61. The molecule has 1 aliphatic rings. The fraction of sp³-hybridized carbons (Fsp3) is 0.350. The van der Waals surface area contributed by atoms with Crippen molar-refractivity contribution in [3.05, 3.63) is 58.8 Å². The van der Waals surface area contributed by atoms with Crippen molar-refractivity contribution in [2.45, 2.75) is 13.2 Å². The summed E-state index contributed by atoms with van der Waals surface area (Å²) in [7, 11) is 1.66. The van der Waals surface area contributed by atoms with Crippen LogP contribution in [-0.2, 0) is 17.9 Å². The fourth-order valence-electron chi connectivity index (χ4n) is 3.22. The second-order valence-corrected chi connectivity index (χ2v) is 7.64. The van der Waals surface area contributed by atoms with Crippen LogP contribution in [0.1, 0.15) is 21.8 Å². The number of aromatic nitrogens is 2. The van der Waals surface area contributed by atoms with E-state index < -0.39 is 0 Å². The second-order valence-electron chi connectivity index (χ2n) is 6.69. The van der Waals surface area contributed by atoms with E-state index in [2.05, 4.69) is 15.0 Å². The molecule has 4 rings (SSSR count). The van der Waals surface area contributed by atoms with Crippen LogP contribution in [0.25, 0.3) is 10.7 Å². The average molecular weight is 398 g/mol. The summed E-state index contributed by atoms with van der Waals surface area (Å²) in [5.41, 5.74) is 1.77. The van der Waals surface area contributed by atoms with E-state index in [9.17, 15) is 4.79 Å². The lowest BCUT2D eigenvalue weighted by atomic mass is 10.1. The van der Waals surface area contributed by atoms with Crippen molar-refractivity contribution in [3.63, 3.8) is 0 Å². The maximum atomic E-state index is 12.7. The molecular weight excluding hydrogens is 376 g/mol. The molecule has 0 atom stereocenters. The molecule has 1 saturated heterocycles. The monoisotopic (exact) mass is 398 g/mol. The van der Waals surface area contributed by atoms with Crippen molar-refractivity contribution in [2.24, 2.45) is 0 Å². The van der Waals surface area contributed by atoms with Crippen LogP contribution in [0.3, 0.4) is 0 Å². The van der Waals surface area contributed by atoms with Gasteiger partial charge in [0.1, 0.15) is 0 Å². The number of carbonyl (C=O) groups excluding carboxylic acids is 1. The van der Waals surface area contributed by atoms with Crippen LogP contribution in [0.15, 0.2) is 46.3 Å². The van der Waals surface area contributed by atoms with Crippen molar-refractivity contribution in [1.29, 1.82) is 0 Å². The van der Waals surface area contributed by atoms with E-state index in [0.29, 0.717) is 43.5 Å². The number of ether oxygens (including phenoxy) is 1. The Labute approximate surface area is 167 Å². The van der Waals surface area contributed by atoms with E-state index in [1.165, 1.54) is 0 Å². The average Bonchev–Trinajstić information content (AvgIpc) is 3.41. The minimum atomic E-state index is 0.0707. The van der Waals surface area contributed by atoms with Crippen molar-refractivity contribution >= 4 is 17.2 Å². The van der Waals surface area contributed by atoms with E-state index in [1.807, 2.05) is 46.7 Å². The number of methoxy groups -OCH3 is 1. The van der Waals surface area contributed by atoms with Gasteiger partial charge in [-0.3, -0.25) is 9.69 Å². The lowest BCUT2D eigenvalue weighted by molar-refractivity contribution is 0.0615. The molecule has 1 fully saturated rings. The maximum Gasteiger partial charge on any atom is 0.253 e. The Morgan fingerprint density at radius 2 is 1.96 bits per heavy atom. The maximum absolute atomic E-state index is 12.7. The number of piperazine rings is 1. The van der Waals surface area contributed by atoms with Gasteiger partial charge >= 0.3 is 0 Å². The zero-order valence-electron chi connectivity index (χ0n) is 15.7. The number of amides is 1. The molecule has 0 radical (unpaired) electrons. The van der Waals surface area contributed by atoms with Gasteiger partial charge in [-0.25, -0.2) is 0 Å². The Balaban J connectivity index is 1.30. The molecule has 28 heavy (non-hydrogen) atoms. The molecular formula is C20H22N4O3S. The standard InChI is InChI=1S/C20H22N4O3S/c1-26-14-15-4-6-16(7-5-15)20(25)24-10-8-23(9-11-24)13-18-21-19(22-27-18)17-3-2-12-28-17/h2-7,12H,8-11,13-14H2,1H3. The summed E-state index contributed by atoms with van der Waals surface area (Å²) in [5.74, 6) is 1.31. The minimum Gasteiger partial charge on any atom is -0.380 e. The first-order valence-corrected chi connectivity index (χ1v) is 10.1. The number of hydrogen-bond acceptors (Lipinski definition) is 7. The number of rotatable bonds is 6. The molecule has 7 nitrogen and oxygen atoms in total. The first kappa shape index (κ1) is 18.8. The molecule has 1 aromatic carbocycles. The highest BCUT2D eigenvalue weighted by atomic mass is 32.1. The summed E-state index contributed by atoms with van der Waals surface area (Å²) in [5, 5.41) is 6.04. The molecule has 0 spiro atoms. The molecule has 146 valence electrons. The van der Waals surface area contributed by atoms with E-state index in [-0.39, 0.29) is 5.91 Å². The predicted molar refractivity (Wildman–Crippen MR) is 106 cm³/mol. The smallest absolute Gasteiger partial charge is 0.253 e. The number of thiophene rings is 1. The highest BCUT2D eigenvalue weighted by molar-refractivity contribution is 7.13. The highest BCUT2D eigenvalue weighted by Gasteiger charge is 2.23. The van der Waals surface area contributed by atoms with E-state index in [1.54, 1.807) is 18.4 Å². The van der Waals surface area contributed by atoms with Crippen LogP contribution < -0.4 is 0 Å². The second kappa shape index (κ2) is 8.64. The topological polar surface area (TPSA) is 71.7 Å². The van der Waals surface area contributed by atoms with Crippen LogP contribution in [0.5, 0.6) is 0 Å².